The average molecular weight is 534 g/mol. The van der Waals surface area contributed by atoms with Crippen LogP contribution >= 0.6 is 0 Å². The largest absolute Gasteiger partial charge is 0.471 e. The molecule has 0 saturated carbocycles. The van der Waals surface area contributed by atoms with Gasteiger partial charge in [0.05, 0.1) is 6.07 Å². The number of nitriles is 1. The number of rotatable bonds is 9. The predicted octanol–water partition coefficient (Wildman–Crippen LogP) is 2.22. The summed E-state index contributed by atoms with van der Waals surface area (Å²) in [5, 5.41) is 19.2. The molecule has 0 spiro atoms. The van der Waals surface area contributed by atoms with Gasteiger partial charge < -0.3 is 21.3 Å². The molecule has 1 aliphatic rings. The van der Waals surface area contributed by atoms with Crippen LogP contribution < -0.4 is 21.3 Å². The number of halogens is 3. The molecule has 1 fully saturated rings. The summed E-state index contributed by atoms with van der Waals surface area (Å²) in [7, 11) is -2.01. The molecule has 0 aromatic heterocycles. The minimum Gasteiger partial charge on any atom is -0.351 e. The van der Waals surface area contributed by atoms with E-state index in [0.29, 0.717) is 6.42 Å². The summed E-state index contributed by atoms with van der Waals surface area (Å²) in [5.41, 5.74) is -1.52. The van der Waals surface area contributed by atoms with Crippen molar-refractivity contribution in [2.45, 2.75) is 103 Å². The zero-order valence-electron chi connectivity index (χ0n) is 22.1. The second-order valence-electron chi connectivity index (χ2n) is 12.3. The SMILES string of the molecule is CC1(C)C[C@@H](C[C@@H](C#N)NC(=O)[C@H](C[Si](C)(C)C)NC(=O)[C@@H](NC(=O)C(F)(F)F)C(C)(C)C)C(=O)N1. The Morgan fingerprint density at radius 2 is 1.67 bits per heavy atom. The van der Waals surface area contributed by atoms with Gasteiger partial charge in [-0.25, -0.2) is 0 Å². The zero-order valence-corrected chi connectivity index (χ0v) is 23.1. The van der Waals surface area contributed by atoms with E-state index >= 15 is 0 Å². The van der Waals surface area contributed by atoms with Gasteiger partial charge in [0.1, 0.15) is 18.1 Å². The first-order valence-electron chi connectivity index (χ1n) is 11.8. The summed E-state index contributed by atoms with van der Waals surface area (Å²) in [5.74, 6) is -4.56. The van der Waals surface area contributed by atoms with Gasteiger partial charge in [0.25, 0.3) is 0 Å². The highest BCUT2D eigenvalue weighted by Gasteiger charge is 2.44. The summed E-state index contributed by atoms with van der Waals surface area (Å²) in [4.78, 5) is 49.9. The molecule has 0 unspecified atom stereocenters. The normalized spacial score (nSPS) is 20.4. The van der Waals surface area contributed by atoms with E-state index in [1.807, 2.05) is 39.6 Å². The smallest absolute Gasteiger partial charge is 0.351 e. The van der Waals surface area contributed by atoms with E-state index in [4.69, 9.17) is 0 Å². The minimum atomic E-state index is -5.18. The third-order valence-electron chi connectivity index (χ3n) is 5.69. The highest BCUT2D eigenvalue weighted by molar-refractivity contribution is 6.76. The number of hydrogen-bond acceptors (Lipinski definition) is 5. The molecule has 13 heteroatoms. The highest BCUT2D eigenvalue weighted by atomic mass is 28.3. The molecule has 1 aliphatic heterocycles. The van der Waals surface area contributed by atoms with Gasteiger partial charge in [-0.15, -0.1) is 0 Å². The highest BCUT2D eigenvalue weighted by Crippen LogP contribution is 2.28. The Hall–Kier alpha value is -2.62. The van der Waals surface area contributed by atoms with Crippen LogP contribution in [0.2, 0.25) is 25.7 Å². The molecule has 204 valence electrons. The molecule has 0 bridgehead atoms. The summed E-state index contributed by atoms with van der Waals surface area (Å²) >= 11 is 0. The van der Waals surface area contributed by atoms with E-state index in [-0.39, 0.29) is 18.4 Å². The fraction of sp³-hybridized carbons (Fsp3) is 0.783. The number of alkyl halides is 3. The molecular formula is C23H38F3N5O4Si. The van der Waals surface area contributed by atoms with Crippen LogP contribution in [-0.4, -0.2) is 61.5 Å². The Kier molecular flexibility index (Phi) is 9.76. The maximum absolute atomic E-state index is 13.1. The second kappa shape index (κ2) is 11.2. The standard InChI is InChI=1S/C23H38F3N5O4Si/c1-21(2,3)16(30-20(35)23(24,25)26)19(34)29-15(12-36(6,7)8)18(33)28-14(11-27)9-13-10-22(4,5)31-17(13)32/h13-16H,9-10,12H2,1-8H3,(H,28,33)(H,29,34)(H,30,35)(H,31,32)/t13-,14+,15+,16-/m1/s1. The molecule has 36 heavy (non-hydrogen) atoms. The maximum Gasteiger partial charge on any atom is 0.471 e. The van der Waals surface area contributed by atoms with E-state index in [1.165, 1.54) is 20.8 Å². The van der Waals surface area contributed by atoms with E-state index in [1.54, 1.807) is 5.32 Å². The molecule has 4 N–H and O–H groups in total. The lowest BCUT2D eigenvalue weighted by Gasteiger charge is -2.33. The number of nitrogens with zero attached hydrogens (tertiary/aromatic N) is 1. The Bertz CT molecular complexity index is 903. The fourth-order valence-electron chi connectivity index (χ4n) is 4.05. The van der Waals surface area contributed by atoms with Crippen molar-refractivity contribution in [3.05, 3.63) is 0 Å². The molecule has 1 heterocycles. The molecule has 4 atom stereocenters. The zero-order chi connectivity index (χ0) is 28.3. The van der Waals surface area contributed by atoms with Gasteiger partial charge >= 0.3 is 12.1 Å². The topological polar surface area (TPSA) is 140 Å². The van der Waals surface area contributed by atoms with Crippen LogP contribution in [-0.2, 0) is 19.2 Å². The Labute approximate surface area is 211 Å². The summed E-state index contributed by atoms with van der Waals surface area (Å²) in [6, 6.07) is -1.50. The molecule has 9 nitrogen and oxygen atoms in total. The molecule has 0 radical (unpaired) electrons. The summed E-state index contributed by atoms with van der Waals surface area (Å²) < 4.78 is 38.5. The number of carbonyl (C=O) groups excluding carboxylic acids is 4. The van der Waals surface area contributed by atoms with Gasteiger partial charge in [-0.3, -0.25) is 19.2 Å². The van der Waals surface area contributed by atoms with Gasteiger partial charge in [-0.1, -0.05) is 40.4 Å². The van der Waals surface area contributed by atoms with Crippen molar-refractivity contribution in [1.82, 2.24) is 21.3 Å². The van der Waals surface area contributed by atoms with Crippen LogP contribution in [0.15, 0.2) is 0 Å². The number of nitrogens with one attached hydrogen (secondary N) is 4. The van der Waals surface area contributed by atoms with Crippen LogP contribution in [0.4, 0.5) is 13.2 Å². The van der Waals surface area contributed by atoms with Crippen LogP contribution in [0.1, 0.15) is 47.5 Å². The Balaban J connectivity index is 3.07. The van der Waals surface area contributed by atoms with E-state index in [2.05, 4.69) is 16.0 Å². The van der Waals surface area contributed by atoms with Crippen LogP contribution in [0.3, 0.4) is 0 Å². The molecule has 0 aromatic rings. The number of carbonyl (C=O) groups is 4. The maximum atomic E-state index is 13.1. The van der Waals surface area contributed by atoms with Gasteiger partial charge in [-0.05, 0) is 38.1 Å². The predicted molar refractivity (Wildman–Crippen MR) is 130 cm³/mol. The quantitative estimate of drug-likeness (QED) is 0.337. The second-order valence-corrected chi connectivity index (χ2v) is 17.8. The lowest BCUT2D eigenvalue weighted by molar-refractivity contribution is -0.175. The van der Waals surface area contributed by atoms with Crippen molar-refractivity contribution >= 4 is 31.7 Å². The molecule has 1 rings (SSSR count). The van der Waals surface area contributed by atoms with Gasteiger partial charge in [0.15, 0.2) is 0 Å². The summed E-state index contributed by atoms with van der Waals surface area (Å²) in [6.45, 7) is 14.0. The van der Waals surface area contributed by atoms with E-state index < -0.39 is 67.0 Å². The monoisotopic (exact) mass is 533 g/mol. The van der Waals surface area contributed by atoms with Crippen molar-refractivity contribution in [2.75, 3.05) is 0 Å². The first kappa shape index (κ1) is 31.4. The van der Waals surface area contributed by atoms with Gasteiger partial charge in [0, 0.05) is 19.5 Å². The van der Waals surface area contributed by atoms with Crippen molar-refractivity contribution in [1.29, 1.82) is 5.26 Å². The lowest BCUT2D eigenvalue weighted by atomic mass is 9.86. The van der Waals surface area contributed by atoms with Gasteiger partial charge in [0.2, 0.25) is 17.7 Å². The first-order chi connectivity index (χ1) is 16.1. The third kappa shape index (κ3) is 9.79. The Morgan fingerprint density at radius 1 is 1.11 bits per heavy atom. The van der Waals surface area contributed by atoms with Crippen molar-refractivity contribution in [3.8, 4) is 6.07 Å². The van der Waals surface area contributed by atoms with Gasteiger partial charge in [-0.2, -0.15) is 18.4 Å². The Morgan fingerprint density at radius 3 is 2.06 bits per heavy atom. The number of amides is 4. The van der Waals surface area contributed by atoms with Crippen molar-refractivity contribution in [3.63, 3.8) is 0 Å². The minimum absolute atomic E-state index is 0.0807. The van der Waals surface area contributed by atoms with Crippen LogP contribution in [0, 0.1) is 22.7 Å². The molecule has 4 amide bonds. The number of hydrogen-bond donors (Lipinski definition) is 4. The van der Waals surface area contributed by atoms with E-state index in [9.17, 15) is 37.6 Å². The van der Waals surface area contributed by atoms with Crippen LogP contribution in [0.25, 0.3) is 0 Å². The molecule has 0 aromatic carbocycles. The molecule has 0 aliphatic carbocycles. The fourth-order valence-corrected chi connectivity index (χ4v) is 5.56. The van der Waals surface area contributed by atoms with E-state index in [0.717, 1.165) is 0 Å². The molecular weight excluding hydrogens is 495 g/mol. The van der Waals surface area contributed by atoms with Crippen molar-refractivity contribution in [2.24, 2.45) is 11.3 Å². The average Bonchev–Trinajstić information content (AvgIpc) is 2.92. The first-order valence-corrected chi connectivity index (χ1v) is 15.5. The lowest BCUT2D eigenvalue weighted by Crippen LogP contribution is -2.60. The van der Waals surface area contributed by atoms with Crippen molar-refractivity contribution < 1.29 is 32.3 Å². The molecule has 1 saturated heterocycles. The summed E-state index contributed by atoms with van der Waals surface area (Å²) in [6.07, 6.45) is -4.61. The third-order valence-corrected chi connectivity index (χ3v) is 7.33. The van der Waals surface area contributed by atoms with Crippen LogP contribution in [0.5, 0.6) is 0 Å².